The summed E-state index contributed by atoms with van der Waals surface area (Å²) < 4.78 is 39.8. The molecular formula is C22H25ClF3N3O2S. The molecule has 1 atom stereocenters. The molecule has 2 amide bonds. The Morgan fingerprint density at radius 1 is 1.25 bits per heavy atom. The van der Waals surface area contributed by atoms with Crippen molar-refractivity contribution in [2.24, 2.45) is 5.92 Å². The predicted octanol–water partition coefficient (Wildman–Crippen LogP) is 4.82. The first kappa shape index (κ1) is 24.5. The molecule has 1 aromatic carbocycles. The second-order valence-electron chi connectivity index (χ2n) is 7.78. The Hall–Kier alpha value is -2.10. The molecule has 1 unspecified atom stereocenters. The lowest BCUT2D eigenvalue weighted by Crippen LogP contribution is -2.48. The highest BCUT2D eigenvalue weighted by molar-refractivity contribution is 7.09. The maximum atomic E-state index is 13.3. The van der Waals surface area contributed by atoms with Crippen LogP contribution in [0.5, 0.6) is 0 Å². The van der Waals surface area contributed by atoms with Gasteiger partial charge in [0.05, 0.1) is 17.3 Å². The molecule has 174 valence electrons. The number of amides is 2. The van der Waals surface area contributed by atoms with Crippen molar-refractivity contribution in [2.45, 2.75) is 38.4 Å². The van der Waals surface area contributed by atoms with Crippen molar-refractivity contribution in [1.82, 2.24) is 10.2 Å². The summed E-state index contributed by atoms with van der Waals surface area (Å²) >= 11 is 7.34. The highest BCUT2D eigenvalue weighted by Crippen LogP contribution is 2.36. The molecule has 1 aliphatic heterocycles. The lowest BCUT2D eigenvalue weighted by atomic mass is 9.95. The van der Waals surface area contributed by atoms with Crippen molar-refractivity contribution < 1.29 is 22.8 Å². The van der Waals surface area contributed by atoms with Gasteiger partial charge in [-0.2, -0.15) is 13.2 Å². The van der Waals surface area contributed by atoms with Crippen LogP contribution in [-0.2, 0) is 22.2 Å². The third kappa shape index (κ3) is 6.46. The molecule has 2 N–H and O–H groups in total. The fraction of sp³-hybridized carbons (Fsp3) is 0.455. The van der Waals surface area contributed by atoms with E-state index in [1.54, 1.807) is 18.3 Å². The van der Waals surface area contributed by atoms with Crippen molar-refractivity contribution in [2.75, 3.05) is 25.0 Å². The third-order valence-corrected chi connectivity index (χ3v) is 6.79. The molecule has 2 aromatic rings. The predicted molar refractivity (Wildman–Crippen MR) is 120 cm³/mol. The lowest BCUT2D eigenvalue weighted by molar-refractivity contribution is -0.137. The number of nitrogens with zero attached hydrogens (tertiary/aromatic N) is 1. The summed E-state index contributed by atoms with van der Waals surface area (Å²) in [5, 5.41) is 7.29. The van der Waals surface area contributed by atoms with E-state index in [9.17, 15) is 22.8 Å². The summed E-state index contributed by atoms with van der Waals surface area (Å²) in [6.07, 6.45) is -2.65. The van der Waals surface area contributed by atoms with Gasteiger partial charge in [-0.15, -0.1) is 11.3 Å². The van der Waals surface area contributed by atoms with Crippen LogP contribution in [0.15, 0.2) is 35.7 Å². The van der Waals surface area contributed by atoms with E-state index < -0.39 is 23.7 Å². The Labute approximate surface area is 193 Å². The van der Waals surface area contributed by atoms with Crippen molar-refractivity contribution in [3.8, 4) is 0 Å². The van der Waals surface area contributed by atoms with Gasteiger partial charge in [-0.25, -0.2) is 0 Å². The lowest BCUT2D eigenvalue weighted by Gasteiger charge is -2.34. The van der Waals surface area contributed by atoms with Crippen LogP contribution in [0.3, 0.4) is 0 Å². The minimum absolute atomic E-state index is 0.00861. The molecular weight excluding hydrogens is 463 g/mol. The molecule has 0 spiro atoms. The number of likely N-dealkylation sites (tertiary alicyclic amines) is 1. The Morgan fingerprint density at radius 3 is 2.59 bits per heavy atom. The van der Waals surface area contributed by atoms with Crippen molar-refractivity contribution in [3.05, 3.63) is 51.2 Å². The third-order valence-electron chi connectivity index (χ3n) is 5.62. The Balaban J connectivity index is 1.49. The smallest absolute Gasteiger partial charge is 0.355 e. The summed E-state index contributed by atoms with van der Waals surface area (Å²) in [4.78, 5) is 28.1. The number of carbonyl (C=O) groups excluding carboxylic acids is 2. The maximum absolute atomic E-state index is 13.3. The van der Waals surface area contributed by atoms with Crippen LogP contribution < -0.4 is 10.6 Å². The number of carbonyl (C=O) groups is 2. The van der Waals surface area contributed by atoms with Crippen LogP contribution >= 0.6 is 22.9 Å². The van der Waals surface area contributed by atoms with E-state index >= 15 is 0 Å². The van der Waals surface area contributed by atoms with Gasteiger partial charge in [0.15, 0.2) is 0 Å². The van der Waals surface area contributed by atoms with Crippen LogP contribution in [0.4, 0.5) is 18.9 Å². The molecule has 32 heavy (non-hydrogen) atoms. The van der Waals surface area contributed by atoms with Gasteiger partial charge in [-0.3, -0.25) is 14.5 Å². The molecule has 1 saturated heterocycles. The monoisotopic (exact) mass is 487 g/mol. The number of hydrogen-bond acceptors (Lipinski definition) is 4. The fourth-order valence-electron chi connectivity index (χ4n) is 3.72. The van der Waals surface area contributed by atoms with Crippen molar-refractivity contribution in [3.63, 3.8) is 0 Å². The fourth-order valence-corrected chi connectivity index (χ4v) is 4.60. The first-order valence-electron chi connectivity index (χ1n) is 10.4. The van der Waals surface area contributed by atoms with Gasteiger partial charge in [0.25, 0.3) is 0 Å². The molecule has 0 saturated carbocycles. The van der Waals surface area contributed by atoms with E-state index in [2.05, 4.69) is 10.6 Å². The molecule has 5 nitrogen and oxygen atoms in total. The van der Waals surface area contributed by atoms with E-state index in [4.69, 9.17) is 11.6 Å². The molecule has 2 heterocycles. The average molecular weight is 488 g/mol. The van der Waals surface area contributed by atoms with Crippen molar-refractivity contribution in [1.29, 1.82) is 0 Å². The van der Waals surface area contributed by atoms with E-state index in [1.165, 1.54) is 10.9 Å². The summed E-state index contributed by atoms with van der Waals surface area (Å²) in [5.41, 5.74) is -1.30. The number of benzene rings is 1. The quantitative estimate of drug-likeness (QED) is 0.588. The Bertz CT molecular complexity index is 929. The topological polar surface area (TPSA) is 61.4 Å². The number of piperidine rings is 1. The zero-order valence-corrected chi connectivity index (χ0v) is 19.1. The highest BCUT2D eigenvalue weighted by Gasteiger charge is 2.35. The molecule has 1 fully saturated rings. The Kier molecular flexibility index (Phi) is 8.19. The number of thiophene rings is 1. The number of anilines is 1. The maximum Gasteiger partial charge on any atom is 0.418 e. The van der Waals surface area contributed by atoms with Gasteiger partial charge in [0.2, 0.25) is 11.8 Å². The van der Waals surface area contributed by atoms with Gasteiger partial charge in [0.1, 0.15) is 0 Å². The first-order chi connectivity index (χ1) is 15.1. The van der Waals surface area contributed by atoms with Crippen molar-refractivity contribution >= 4 is 40.4 Å². The average Bonchev–Trinajstić information content (AvgIpc) is 3.27. The summed E-state index contributed by atoms with van der Waals surface area (Å²) in [7, 11) is 0. The van der Waals surface area contributed by atoms with Gasteiger partial charge in [0, 0.05) is 22.4 Å². The second kappa shape index (κ2) is 10.7. The van der Waals surface area contributed by atoms with E-state index in [1.807, 2.05) is 22.4 Å². The second-order valence-corrected chi connectivity index (χ2v) is 9.25. The normalized spacial score (nSPS) is 16.5. The largest absolute Gasteiger partial charge is 0.418 e. The zero-order valence-electron chi connectivity index (χ0n) is 17.5. The van der Waals surface area contributed by atoms with Crippen LogP contribution in [-0.4, -0.2) is 42.4 Å². The SMILES string of the molecule is CC(C(=O)Nc1ccc(Cl)cc1C(F)(F)F)N1CCC(C(=O)NCCc2cccs2)CC1. The van der Waals surface area contributed by atoms with Crippen LogP contribution in [0.2, 0.25) is 5.02 Å². The minimum atomic E-state index is -4.63. The van der Waals surface area contributed by atoms with E-state index in [-0.39, 0.29) is 22.5 Å². The standard InChI is InChI=1S/C22H25ClF3N3O2S/c1-14(20(30)28-19-5-4-16(23)13-18(19)22(24,25)26)29-10-7-15(8-11-29)21(31)27-9-6-17-3-2-12-32-17/h2-5,12-15H,6-11H2,1H3,(H,27,31)(H,28,30). The number of alkyl halides is 3. The molecule has 3 rings (SSSR count). The minimum Gasteiger partial charge on any atom is -0.355 e. The zero-order chi connectivity index (χ0) is 23.3. The highest BCUT2D eigenvalue weighted by atomic mass is 35.5. The number of halogens is 4. The van der Waals surface area contributed by atoms with Crippen LogP contribution in [0, 0.1) is 5.92 Å². The van der Waals surface area contributed by atoms with E-state index in [0.717, 1.165) is 18.6 Å². The van der Waals surface area contributed by atoms with Gasteiger partial charge in [-0.05, 0) is 68.9 Å². The molecule has 0 bridgehead atoms. The van der Waals surface area contributed by atoms with Crippen LogP contribution in [0.1, 0.15) is 30.2 Å². The number of hydrogen-bond donors (Lipinski definition) is 2. The van der Waals surface area contributed by atoms with Gasteiger partial charge in [-0.1, -0.05) is 17.7 Å². The molecule has 10 heteroatoms. The van der Waals surface area contributed by atoms with Gasteiger partial charge < -0.3 is 10.6 Å². The summed E-state index contributed by atoms with van der Waals surface area (Å²) in [6, 6.07) is 6.64. The molecule has 1 aromatic heterocycles. The number of nitrogens with one attached hydrogen (secondary N) is 2. The summed E-state index contributed by atoms with van der Waals surface area (Å²) in [5.74, 6) is -0.649. The van der Waals surface area contributed by atoms with Crippen LogP contribution in [0.25, 0.3) is 0 Å². The molecule has 1 aliphatic rings. The molecule has 0 aliphatic carbocycles. The Morgan fingerprint density at radius 2 is 1.97 bits per heavy atom. The molecule has 0 radical (unpaired) electrons. The number of rotatable bonds is 7. The van der Waals surface area contributed by atoms with Gasteiger partial charge >= 0.3 is 6.18 Å². The van der Waals surface area contributed by atoms with E-state index in [0.29, 0.717) is 32.5 Å². The summed E-state index contributed by atoms with van der Waals surface area (Å²) in [6.45, 7) is 3.27. The first-order valence-corrected chi connectivity index (χ1v) is 11.6.